The van der Waals surface area contributed by atoms with E-state index in [4.69, 9.17) is 18.0 Å². The van der Waals surface area contributed by atoms with Crippen LogP contribution in [0.3, 0.4) is 0 Å². The summed E-state index contributed by atoms with van der Waals surface area (Å²) in [5.74, 6) is 0. The molecule has 1 unspecified atom stereocenters. The van der Waals surface area contributed by atoms with Gasteiger partial charge in [-0.05, 0) is 13.5 Å². The van der Waals surface area contributed by atoms with Crippen LogP contribution in [-0.2, 0) is 10.0 Å². The quantitative estimate of drug-likeness (QED) is 0.703. The Balaban J connectivity index is 2.81. The van der Waals surface area contributed by atoms with E-state index in [0.717, 1.165) is 13.1 Å². The summed E-state index contributed by atoms with van der Waals surface area (Å²) < 4.78 is 25.9. The fourth-order valence-electron chi connectivity index (χ4n) is 1.78. The molecule has 1 heterocycles. The third-order valence-electron chi connectivity index (χ3n) is 2.87. The van der Waals surface area contributed by atoms with Crippen molar-refractivity contribution in [2.75, 3.05) is 33.2 Å². The van der Waals surface area contributed by atoms with Gasteiger partial charge in [0.05, 0.1) is 4.99 Å². The summed E-state index contributed by atoms with van der Waals surface area (Å²) in [5, 5.41) is -0.717. The van der Waals surface area contributed by atoms with Crippen LogP contribution in [0.5, 0.6) is 0 Å². The molecule has 16 heavy (non-hydrogen) atoms. The van der Waals surface area contributed by atoms with E-state index in [9.17, 15) is 8.42 Å². The van der Waals surface area contributed by atoms with Gasteiger partial charge in [-0.2, -0.15) is 4.31 Å². The summed E-state index contributed by atoms with van der Waals surface area (Å²) in [7, 11) is -1.38. The van der Waals surface area contributed by atoms with Crippen molar-refractivity contribution >= 4 is 27.2 Å². The van der Waals surface area contributed by atoms with Gasteiger partial charge in [0.25, 0.3) is 0 Å². The second-order valence-electron chi connectivity index (χ2n) is 4.05. The topological polar surface area (TPSA) is 66.6 Å². The van der Waals surface area contributed by atoms with Crippen molar-refractivity contribution in [2.24, 2.45) is 5.73 Å². The van der Waals surface area contributed by atoms with Crippen molar-refractivity contribution in [1.82, 2.24) is 9.21 Å². The third kappa shape index (κ3) is 2.91. The lowest BCUT2D eigenvalue weighted by Crippen LogP contribution is -2.52. The maximum absolute atomic E-state index is 12.2. The van der Waals surface area contributed by atoms with Crippen molar-refractivity contribution in [3.05, 3.63) is 0 Å². The molecule has 94 valence electrons. The van der Waals surface area contributed by atoms with E-state index in [1.165, 1.54) is 4.31 Å². The summed E-state index contributed by atoms with van der Waals surface area (Å²) in [6.07, 6.45) is 0.435. The summed E-state index contributed by atoms with van der Waals surface area (Å²) in [5.41, 5.74) is 5.48. The zero-order valence-electron chi connectivity index (χ0n) is 9.72. The smallest absolute Gasteiger partial charge is 0.223 e. The summed E-state index contributed by atoms with van der Waals surface area (Å²) in [6.45, 7) is 4.35. The Morgan fingerprint density at radius 3 is 2.25 bits per heavy atom. The fourth-order valence-corrected chi connectivity index (χ4v) is 4.06. The van der Waals surface area contributed by atoms with Gasteiger partial charge < -0.3 is 10.6 Å². The van der Waals surface area contributed by atoms with Crippen LogP contribution >= 0.6 is 12.2 Å². The molecule has 0 radical (unpaired) electrons. The Hall–Kier alpha value is -0.240. The molecular formula is C9H19N3O2S2. The van der Waals surface area contributed by atoms with Gasteiger partial charge in [-0.1, -0.05) is 19.1 Å². The van der Waals surface area contributed by atoms with E-state index in [0.29, 0.717) is 19.5 Å². The number of thiocarbonyl (C=S) groups is 1. The Morgan fingerprint density at radius 2 is 1.88 bits per heavy atom. The molecule has 0 aromatic heterocycles. The molecule has 0 bridgehead atoms. The lowest BCUT2D eigenvalue weighted by molar-refractivity contribution is 0.222. The maximum atomic E-state index is 12.2. The molecule has 1 aliphatic rings. The largest absolute Gasteiger partial charge is 0.392 e. The van der Waals surface area contributed by atoms with Crippen molar-refractivity contribution < 1.29 is 8.42 Å². The average Bonchev–Trinajstić information content (AvgIpc) is 2.18. The van der Waals surface area contributed by atoms with Crippen molar-refractivity contribution in [3.8, 4) is 0 Å². The molecule has 1 atom stereocenters. The third-order valence-corrected chi connectivity index (χ3v) is 5.69. The van der Waals surface area contributed by atoms with Crippen molar-refractivity contribution in [3.63, 3.8) is 0 Å². The van der Waals surface area contributed by atoms with Crippen LogP contribution in [0.25, 0.3) is 0 Å². The van der Waals surface area contributed by atoms with Crippen molar-refractivity contribution in [1.29, 1.82) is 0 Å². The molecule has 0 aromatic rings. The van der Waals surface area contributed by atoms with E-state index < -0.39 is 15.3 Å². The van der Waals surface area contributed by atoms with E-state index in [-0.39, 0.29) is 4.99 Å². The minimum atomic E-state index is -3.36. The molecule has 0 spiro atoms. The minimum absolute atomic E-state index is 0.0708. The number of likely N-dealkylation sites (N-methyl/N-ethyl adjacent to an activating group) is 1. The van der Waals surface area contributed by atoms with E-state index in [2.05, 4.69) is 4.90 Å². The van der Waals surface area contributed by atoms with Crippen LogP contribution in [0.4, 0.5) is 0 Å². The molecule has 0 aromatic carbocycles. The SMILES string of the molecule is CCC(C(N)=S)S(=O)(=O)N1CCN(C)CC1. The number of rotatable bonds is 4. The number of sulfonamides is 1. The van der Waals surface area contributed by atoms with Crippen LogP contribution in [-0.4, -0.2) is 61.1 Å². The van der Waals surface area contributed by atoms with Gasteiger partial charge in [0.2, 0.25) is 10.0 Å². The number of nitrogens with zero attached hydrogens (tertiary/aromatic N) is 2. The fraction of sp³-hybridized carbons (Fsp3) is 0.889. The first kappa shape index (κ1) is 13.8. The predicted octanol–water partition coefficient (Wildman–Crippen LogP) is -0.372. The molecule has 0 saturated carbocycles. The van der Waals surface area contributed by atoms with Gasteiger partial charge in [-0.15, -0.1) is 0 Å². The number of hydrogen-bond donors (Lipinski definition) is 1. The highest BCUT2D eigenvalue weighted by Gasteiger charge is 2.34. The summed E-state index contributed by atoms with van der Waals surface area (Å²) in [4.78, 5) is 2.18. The highest BCUT2D eigenvalue weighted by molar-refractivity contribution is 7.92. The molecule has 5 nitrogen and oxygen atoms in total. The summed E-state index contributed by atoms with van der Waals surface area (Å²) >= 11 is 4.82. The highest BCUT2D eigenvalue weighted by atomic mass is 32.2. The zero-order chi connectivity index (χ0) is 12.3. The second kappa shape index (κ2) is 5.39. The van der Waals surface area contributed by atoms with E-state index >= 15 is 0 Å². The molecular weight excluding hydrogens is 246 g/mol. The van der Waals surface area contributed by atoms with Crippen LogP contribution in [0, 0.1) is 0 Å². The summed E-state index contributed by atoms with van der Waals surface area (Å²) in [6, 6.07) is 0. The normalized spacial score (nSPS) is 21.9. The Labute approximate surface area is 103 Å². The number of hydrogen-bond acceptors (Lipinski definition) is 4. The Morgan fingerprint density at radius 1 is 1.38 bits per heavy atom. The average molecular weight is 265 g/mol. The minimum Gasteiger partial charge on any atom is -0.392 e. The molecule has 1 rings (SSSR count). The van der Waals surface area contributed by atoms with Gasteiger partial charge in [0, 0.05) is 26.2 Å². The first-order chi connectivity index (χ1) is 7.39. The second-order valence-corrected chi connectivity index (χ2v) is 6.63. The Bertz CT molecular complexity index is 348. The van der Waals surface area contributed by atoms with Gasteiger partial charge in [-0.25, -0.2) is 8.42 Å². The monoisotopic (exact) mass is 265 g/mol. The van der Waals surface area contributed by atoms with E-state index in [1.54, 1.807) is 6.92 Å². The first-order valence-electron chi connectivity index (χ1n) is 5.36. The highest BCUT2D eigenvalue weighted by Crippen LogP contribution is 2.15. The molecule has 7 heteroatoms. The van der Waals surface area contributed by atoms with Crippen LogP contribution < -0.4 is 5.73 Å². The Kier molecular flexibility index (Phi) is 4.66. The van der Waals surface area contributed by atoms with Gasteiger partial charge in [-0.3, -0.25) is 0 Å². The van der Waals surface area contributed by atoms with Crippen LogP contribution in [0.15, 0.2) is 0 Å². The molecule has 1 fully saturated rings. The van der Waals surface area contributed by atoms with Gasteiger partial charge in [0.15, 0.2) is 0 Å². The maximum Gasteiger partial charge on any atom is 0.223 e. The number of piperazine rings is 1. The van der Waals surface area contributed by atoms with Crippen LogP contribution in [0.2, 0.25) is 0 Å². The van der Waals surface area contributed by atoms with Gasteiger partial charge >= 0.3 is 0 Å². The lowest BCUT2D eigenvalue weighted by Gasteiger charge is -2.33. The number of nitrogens with two attached hydrogens (primary N) is 1. The van der Waals surface area contributed by atoms with Gasteiger partial charge in [0.1, 0.15) is 5.25 Å². The molecule has 0 aliphatic carbocycles. The standard InChI is InChI=1S/C9H19N3O2S2/c1-3-8(9(10)15)16(13,14)12-6-4-11(2)5-7-12/h8H,3-7H2,1-2H3,(H2,10,15). The predicted molar refractivity (Wildman–Crippen MR) is 68.9 cm³/mol. The first-order valence-corrected chi connectivity index (χ1v) is 7.27. The van der Waals surface area contributed by atoms with E-state index in [1.807, 2.05) is 7.05 Å². The van der Waals surface area contributed by atoms with Crippen molar-refractivity contribution in [2.45, 2.75) is 18.6 Å². The molecule has 2 N–H and O–H groups in total. The molecule has 1 saturated heterocycles. The molecule has 0 amide bonds. The lowest BCUT2D eigenvalue weighted by atomic mass is 10.3. The zero-order valence-corrected chi connectivity index (χ0v) is 11.4. The van der Waals surface area contributed by atoms with Crippen LogP contribution in [0.1, 0.15) is 13.3 Å². The molecule has 1 aliphatic heterocycles.